The standard InChI is InChI=1S/C22H20F3N5O4S/c1-3-33-19(31)11-27-21(32)34-13(2)30-28-18(4-6-26)20(29-30)16-8-15(14-5-7-35-12-14)9-17(10-16)22(23,24)25/h5,7-10,12-13H,3-4,11H2,1-2H3,(H,27,32). The first-order chi connectivity index (χ1) is 16.6. The number of ether oxygens (including phenoxy) is 2. The molecule has 184 valence electrons. The van der Waals surface area contributed by atoms with E-state index in [9.17, 15) is 28.0 Å². The van der Waals surface area contributed by atoms with E-state index in [0.717, 1.165) is 16.9 Å². The van der Waals surface area contributed by atoms with Crippen molar-refractivity contribution >= 4 is 23.4 Å². The highest BCUT2D eigenvalue weighted by molar-refractivity contribution is 7.08. The van der Waals surface area contributed by atoms with Gasteiger partial charge >= 0.3 is 18.2 Å². The van der Waals surface area contributed by atoms with Crippen LogP contribution in [-0.2, 0) is 26.9 Å². The predicted molar refractivity (Wildman–Crippen MR) is 119 cm³/mol. The van der Waals surface area contributed by atoms with Crippen molar-refractivity contribution in [2.45, 2.75) is 32.7 Å². The molecule has 0 aliphatic heterocycles. The number of benzene rings is 1. The Hall–Kier alpha value is -3.92. The minimum atomic E-state index is -4.61. The molecular weight excluding hydrogens is 487 g/mol. The summed E-state index contributed by atoms with van der Waals surface area (Å²) >= 11 is 1.34. The van der Waals surface area contributed by atoms with Crippen molar-refractivity contribution in [3.8, 4) is 28.5 Å². The van der Waals surface area contributed by atoms with E-state index < -0.39 is 36.6 Å². The number of carbonyl (C=O) groups excluding carboxylic acids is 2. The number of amides is 1. The van der Waals surface area contributed by atoms with Crippen LogP contribution in [0.15, 0.2) is 35.0 Å². The number of thiophene rings is 1. The van der Waals surface area contributed by atoms with Crippen LogP contribution in [0.2, 0.25) is 0 Å². The summed E-state index contributed by atoms with van der Waals surface area (Å²) in [6.45, 7) is 2.78. The summed E-state index contributed by atoms with van der Waals surface area (Å²) in [5.74, 6) is -0.654. The maximum atomic E-state index is 13.6. The molecule has 1 unspecified atom stereocenters. The number of alkyl carbamates (subject to hydrolysis) is 1. The lowest BCUT2D eigenvalue weighted by molar-refractivity contribution is -0.142. The molecule has 0 saturated heterocycles. The Morgan fingerprint density at radius 1 is 1.23 bits per heavy atom. The van der Waals surface area contributed by atoms with E-state index in [1.54, 1.807) is 23.8 Å². The smallest absolute Gasteiger partial charge is 0.416 e. The molecular formula is C22H20F3N5O4S. The van der Waals surface area contributed by atoms with Crippen LogP contribution in [0.3, 0.4) is 0 Å². The summed E-state index contributed by atoms with van der Waals surface area (Å²) in [6, 6.07) is 7.11. The first-order valence-electron chi connectivity index (χ1n) is 10.3. The van der Waals surface area contributed by atoms with Crippen molar-refractivity contribution < 1.29 is 32.2 Å². The fourth-order valence-electron chi connectivity index (χ4n) is 3.06. The van der Waals surface area contributed by atoms with Crippen LogP contribution in [-0.4, -0.2) is 40.2 Å². The number of hydrogen-bond donors (Lipinski definition) is 1. The zero-order valence-electron chi connectivity index (χ0n) is 18.6. The summed E-state index contributed by atoms with van der Waals surface area (Å²) in [5.41, 5.74) is 0.331. The van der Waals surface area contributed by atoms with Crippen molar-refractivity contribution in [2.24, 2.45) is 0 Å². The predicted octanol–water partition coefficient (Wildman–Crippen LogP) is 4.57. The quantitative estimate of drug-likeness (QED) is 0.444. The average molecular weight is 507 g/mol. The number of aromatic nitrogens is 3. The zero-order valence-corrected chi connectivity index (χ0v) is 19.4. The first kappa shape index (κ1) is 25.7. The monoisotopic (exact) mass is 507 g/mol. The topological polar surface area (TPSA) is 119 Å². The second-order valence-corrected chi connectivity index (χ2v) is 7.90. The molecule has 35 heavy (non-hydrogen) atoms. The number of hydrogen-bond acceptors (Lipinski definition) is 8. The molecule has 3 rings (SSSR count). The van der Waals surface area contributed by atoms with Gasteiger partial charge in [-0.25, -0.2) is 4.79 Å². The highest BCUT2D eigenvalue weighted by Crippen LogP contribution is 2.37. The van der Waals surface area contributed by atoms with Crippen LogP contribution in [0.4, 0.5) is 18.0 Å². The van der Waals surface area contributed by atoms with Crippen LogP contribution < -0.4 is 5.32 Å². The third kappa shape index (κ3) is 6.57. The molecule has 1 amide bonds. The Morgan fingerprint density at radius 2 is 1.97 bits per heavy atom. The van der Waals surface area contributed by atoms with Gasteiger partial charge in [-0.1, -0.05) is 0 Å². The molecule has 2 heterocycles. The minimum absolute atomic E-state index is 0.0523. The number of rotatable bonds is 8. The van der Waals surface area contributed by atoms with E-state index in [4.69, 9.17) is 9.47 Å². The van der Waals surface area contributed by atoms with Gasteiger partial charge in [0.05, 0.1) is 24.7 Å². The van der Waals surface area contributed by atoms with Crippen molar-refractivity contribution in [3.63, 3.8) is 0 Å². The number of nitriles is 1. The Kier molecular flexibility index (Phi) is 8.08. The van der Waals surface area contributed by atoms with Gasteiger partial charge in [-0.2, -0.15) is 34.9 Å². The van der Waals surface area contributed by atoms with Crippen molar-refractivity contribution in [1.82, 2.24) is 20.3 Å². The molecule has 0 aliphatic carbocycles. The zero-order chi connectivity index (χ0) is 25.6. The third-order valence-electron chi connectivity index (χ3n) is 4.62. The molecule has 0 spiro atoms. The summed E-state index contributed by atoms with van der Waals surface area (Å²) in [7, 11) is 0. The third-order valence-corrected chi connectivity index (χ3v) is 5.30. The molecule has 1 atom stereocenters. The van der Waals surface area contributed by atoms with Gasteiger partial charge in [0.2, 0.25) is 6.23 Å². The fourth-order valence-corrected chi connectivity index (χ4v) is 3.72. The Bertz CT molecular complexity index is 1230. The maximum absolute atomic E-state index is 13.6. The largest absolute Gasteiger partial charge is 0.465 e. The fraction of sp³-hybridized carbons (Fsp3) is 0.318. The van der Waals surface area contributed by atoms with Gasteiger partial charge in [-0.05, 0) is 60.0 Å². The normalized spacial score (nSPS) is 12.0. The molecule has 0 fully saturated rings. The number of alkyl halides is 3. The molecule has 2 aromatic heterocycles. The molecule has 0 bridgehead atoms. The van der Waals surface area contributed by atoms with Gasteiger partial charge in [0.1, 0.15) is 17.9 Å². The number of halogens is 3. The summed E-state index contributed by atoms with van der Waals surface area (Å²) in [6.07, 6.45) is -6.89. The Labute approximate surface area is 202 Å². The number of nitrogens with zero attached hydrogens (tertiary/aromatic N) is 4. The average Bonchev–Trinajstić information content (AvgIpc) is 3.48. The number of nitrogens with one attached hydrogen (secondary N) is 1. The summed E-state index contributed by atoms with van der Waals surface area (Å²) < 4.78 is 50.7. The lowest BCUT2D eigenvalue weighted by Gasteiger charge is -2.13. The number of esters is 1. The van der Waals surface area contributed by atoms with Crippen molar-refractivity contribution in [2.75, 3.05) is 13.2 Å². The molecule has 1 aromatic carbocycles. The second kappa shape index (κ2) is 11.0. The molecule has 0 saturated carbocycles. The van der Waals surface area contributed by atoms with Crippen LogP contribution >= 0.6 is 11.3 Å². The lowest BCUT2D eigenvalue weighted by atomic mass is 9.98. The van der Waals surface area contributed by atoms with E-state index in [-0.39, 0.29) is 30.0 Å². The molecule has 13 heteroatoms. The van der Waals surface area contributed by atoms with Crippen molar-refractivity contribution in [1.29, 1.82) is 5.26 Å². The maximum Gasteiger partial charge on any atom is 0.416 e. The molecule has 3 aromatic rings. The van der Waals surface area contributed by atoms with Gasteiger partial charge < -0.3 is 14.8 Å². The van der Waals surface area contributed by atoms with E-state index >= 15 is 0 Å². The summed E-state index contributed by atoms with van der Waals surface area (Å²) in [4.78, 5) is 24.3. The summed E-state index contributed by atoms with van der Waals surface area (Å²) in [5, 5.41) is 23.2. The van der Waals surface area contributed by atoms with Crippen LogP contribution in [0, 0.1) is 11.3 Å². The van der Waals surface area contributed by atoms with Crippen LogP contribution in [0.25, 0.3) is 22.4 Å². The lowest BCUT2D eigenvalue weighted by Crippen LogP contribution is -2.32. The number of carbonyl (C=O) groups is 2. The highest BCUT2D eigenvalue weighted by Gasteiger charge is 2.32. The molecule has 1 N–H and O–H groups in total. The van der Waals surface area contributed by atoms with Gasteiger partial charge in [0.15, 0.2) is 0 Å². The first-order valence-corrected chi connectivity index (χ1v) is 11.2. The van der Waals surface area contributed by atoms with Crippen LogP contribution in [0.5, 0.6) is 0 Å². The van der Waals surface area contributed by atoms with E-state index in [1.165, 1.54) is 24.3 Å². The molecule has 9 nitrogen and oxygen atoms in total. The highest BCUT2D eigenvalue weighted by atomic mass is 32.1. The van der Waals surface area contributed by atoms with E-state index in [1.807, 2.05) is 6.07 Å². The second-order valence-electron chi connectivity index (χ2n) is 7.12. The van der Waals surface area contributed by atoms with E-state index in [2.05, 4.69) is 15.5 Å². The van der Waals surface area contributed by atoms with Gasteiger partial charge in [0, 0.05) is 5.56 Å². The van der Waals surface area contributed by atoms with Gasteiger partial charge in [-0.3, -0.25) is 4.79 Å². The van der Waals surface area contributed by atoms with E-state index in [0.29, 0.717) is 11.1 Å². The van der Waals surface area contributed by atoms with Gasteiger partial charge in [0.25, 0.3) is 0 Å². The van der Waals surface area contributed by atoms with Crippen molar-refractivity contribution in [3.05, 3.63) is 46.3 Å². The van der Waals surface area contributed by atoms with Gasteiger partial charge in [-0.15, -0.1) is 9.90 Å². The Balaban J connectivity index is 1.92. The molecule has 0 aliphatic rings. The SMILES string of the molecule is CCOC(=O)CNC(=O)OC(C)n1nc(CC#N)c(-c2cc(-c3ccsc3)cc(C(F)(F)F)c2)n1. The molecule has 0 radical (unpaired) electrons. The Morgan fingerprint density at radius 3 is 2.60 bits per heavy atom. The van der Waals surface area contributed by atoms with Crippen LogP contribution in [0.1, 0.15) is 31.3 Å². The minimum Gasteiger partial charge on any atom is -0.465 e.